The van der Waals surface area contributed by atoms with Gasteiger partial charge < -0.3 is 5.32 Å². The van der Waals surface area contributed by atoms with Crippen molar-refractivity contribution in [2.75, 3.05) is 6.54 Å². The number of nitrogens with one attached hydrogen (secondary N) is 2. The van der Waals surface area contributed by atoms with Crippen molar-refractivity contribution in [2.24, 2.45) is 16.3 Å². The molecule has 0 rings (SSSR count). The molecular weight excluding hydrogens is 176 g/mol. The van der Waals surface area contributed by atoms with E-state index in [1.165, 1.54) is 0 Å². The summed E-state index contributed by atoms with van der Waals surface area (Å²) in [7, 11) is 0. The Morgan fingerprint density at radius 3 is 2.36 bits per heavy atom. The van der Waals surface area contributed by atoms with Crippen LogP contribution in [0.3, 0.4) is 0 Å². The van der Waals surface area contributed by atoms with E-state index in [1.54, 1.807) is 0 Å². The Labute approximate surface area is 87.3 Å². The second kappa shape index (κ2) is 5.86. The number of hydrogen-bond acceptors (Lipinski definition) is 2. The van der Waals surface area contributed by atoms with Gasteiger partial charge in [0, 0.05) is 12.6 Å². The normalized spacial score (nSPS) is 15.1. The average Bonchev–Trinajstić information content (AvgIpc) is 2.10. The Balaban J connectivity index is 4.18. The third-order valence-electron chi connectivity index (χ3n) is 2.28. The topological polar surface area (TPSA) is 62.4 Å². The van der Waals surface area contributed by atoms with Crippen LogP contribution in [-0.4, -0.2) is 18.5 Å². The lowest BCUT2D eigenvalue weighted by Crippen LogP contribution is -2.49. The van der Waals surface area contributed by atoms with Gasteiger partial charge in [-0.15, -0.1) is 0 Å². The molecule has 84 valence electrons. The molecule has 0 aromatic carbocycles. The van der Waals surface area contributed by atoms with Gasteiger partial charge in [0.25, 0.3) is 0 Å². The molecule has 0 aliphatic heterocycles. The molecule has 0 aromatic heterocycles. The van der Waals surface area contributed by atoms with E-state index in [9.17, 15) is 0 Å². The molecule has 4 N–H and O–H groups in total. The maximum absolute atomic E-state index is 5.36. The van der Waals surface area contributed by atoms with Crippen LogP contribution in [0.2, 0.25) is 0 Å². The van der Waals surface area contributed by atoms with E-state index >= 15 is 0 Å². The van der Waals surface area contributed by atoms with Gasteiger partial charge in [-0.05, 0) is 18.8 Å². The zero-order valence-electron chi connectivity index (χ0n) is 10.0. The molecule has 4 heteroatoms. The largest absolute Gasteiger partial charge is 0.352 e. The van der Waals surface area contributed by atoms with E-state index in [2.05, 4.69) is 50.4 Å². The van der Waals surface area contributed by atoms with Crippen molar-refractivity contribution < 1.29 is 0 Å². The first-order chi connectivity index (χ1) is 6.41. The highest BCUT2D eigenvalue weighted by atomic mass is 15.3. The molecule has 0 heterocycles. The van der Waals surface area contributed by atoms with E-state index < -0.39 is 0 Å². The predicted octanol–water partition coefficient (Wildman–Crippen LogP) is 1.24. The Hall–Kier alpha value is -0.770. The number of rotatable bonds is 3. The van der Waals surface area contributed by atoms with E-state index in [1.807, 2.05) is 0 Å². The minimum Gasteiger partial charge on any atom is -0.352 e. The molecule has 1 unspecified atom stereocenters. The monoisotopic (exact) mass is 200 g/mol. The SMILES string of the molecule is CCCN=C(NN)NC(C)C(C)(C)C. The summed E-state index contributed by atoms with van der Waals surface area (Å²) in [5.41, 5.74) is 2.78. The summed E-state index contributed by atoms with van der Waals surface area (Å²) >= 11 is 0. The molecule has 0 saturated carbocycles. The third kappa shape index (κ3) is 5.07. The highest BCUT2D eigenvalue weighted by Crippen LogP contribution is 2.18. The van der Waals surface area contributed by atoms with Crippen LogP contribution in [0.4, 0.5) is 0 Å². The smallest absolute Gasteiger partial charge is 0.205 e. The molecular formula is C10H24N4. The Bertz CT molecular complexity index is 181. The quantitative estimate of drug-likeness (QED) is 0.278. The highest BCUT2D eigenvalue weighted by molar-refractivity contribution is 5.79. The van der Waals surface area contributed by atoms with E-state index in [-0.39, 0.29) is 5.41 Å². The van der Waals surface area contributed by atoms with Crippen LogP contribution < -0.4 is 16.6 Å². The first-order valence-corrected chi connectivity index (χ1v) is 5.19. The standard InChI is InChI=1S/C10H24N4/c1-6-7-12-9(14-11)13-8(2)10(3,4)5/h8H,6-7,11H2,1-5H3,(H2,12,13,14). The van der Waals surface area contributed by atoms with Crippen molar-refractivity contribution >= 4 is 5.96 Å². The summed E-state index contributed by atoms with van der Waals surface area (Å²) in [6.45, 7) is 11.5. The van der Waals surface area contributed by atoms with Crippen LogP contribution in [0.25, 0.3) is 0 Å². The van der Waals surface area contributed by atoms with Crippen molar-refractivity contribution in [1.82, 2.24) is 10.7 Å². The van der Waals surface area contributed by atoms with Crippen LogP contribution >= 0.6 is 0 Å². The Kier molecular flexibility index (Phi) is 5.53. The first-order valence-electron chi connectivity index (χ1n) is 5.19. The number of aliphatic imine (C=N–C) groups is 1. The van der Waals surface area contributed by atoms with Crippen LogP contribution in [0.15, 0.2) is 4.99 Å². The van der Waals surface area contributed by atoms with Gasteiger partial charge in [0.2, 0.25) is 5.96 Å². The van der Waals surface area contributed by atoms with Gasteiger partial charge >= 0.3 is 0 Å². The minimum absolute atomic E-state index is 0.198. The fourth-order valence-corrected chi connectivity index (χ4v) is 0.778. The van der Waals surface area contributed by atoms with Gasteiger partial charge in [-0.25, -0.2) is 5.84 Å². The molecule has 0 amide bonds. The Morgan fingerprint density at radius 2 is 2.00 bits per heavy atom. The lowest BCUT2D eigenvalue weighted by Gasteiger charge is -2.29. The van der Waals surface area contributed by atoms with Crippen molar-refractivity contribution in [1.29, 1.82) is 0 Å². The molecule has 1 atom stereocenters. The van der Waals surface area contributed by atoms with E-state index in [0.29, 0.717) is 12.0 Å². The van der Waals surface area contributed by atoms with E-state index in [4.69, 9.17) is 5.84 Å². The van der Waals surface area contributed by atoms with Gasteiger partial charge in [0.15, 0.2) is 0 Å². The summed E-state index contributed by atoms with van der Waals surface area (Å²) in [4.78, 5) is 4.28. The molecule has 0 saturated heterocycles. The van der Waals surface area contributed by atoms with Gasteiger partial charge in [0.1, 0.15) is 0 Å². The molecule has 0 bridgehead atoms. The van der Waals surface area contributed by atoms with Gasteiger partial charge in [0.05, 0.1) is 0 Å². The first kappa shape index (κ1) is 13.2. The molecule has 0 aliphatic rings. The fourth-order valence-electron chi connectivity index (χ4n) is 0.778. The van der Waals surface area contributed by atoms with Gasteiger partial charge in [-0.3, -0.25) is 10.4 Å². The number of nitrogens with zero attached hydrogens (tertiary/aromatic N) is 1. The minimum atomic E-state index is 0.198. The lowest BCUT2D eigenvalue weighted by molar-refractivity contribution is 0.314. The maximum Gasteiger partial charge on any atom is 0.205 e. The van der Waals surface area contributed by atoms with Crippen LogP contribution in [-0.2, 0) is 0 Å². The maximum atomic E-state index is 5.36. The van der Waals surface area contributed by atoms with Crippen molar-refractivity contribution in [3.63, 3.8) is 0 Å². The number of guanidine groups is 1. The molecule has 14 heavy (non-hydrogen) atoms. The highest BCUT2D eigenvalue weighted by Gasteiger charge is 2.20. The van der Waals surface area contributed by atoms with Crippen molar-refractivity contribution in [2.45, 2.75) is 47.1 Å². The summed E-state index contributed by atoms with van der Waals surface area (Å²) in [5.74, 6) is 6.04. The molecule has 0 radical (unpaired) electrons. The third-order valence-corrected chi connectivity index (χ3v) is 2.28. The summed E-state index contributed by atoms with van der Waals surface area (Å²) in [5, 5.41) is 3.26. The fraction of sp³-hybridized carbons (Fsp3) is 0.900. The predicted molar refractivity (Wildman–Crippen MR) is 62.0 cm³/mol. The van der Waals surface area contributed by atoms with Crippen molar-refractivity contribution in [3.8, 4) is 0 Å². The molecule has 0 aliphatic carbocycles. The van der Waals surface area contributed by atoms with E-state index in [0.717, 1.165) is 13.0 Å². The molecule has 4 nitrogen and oxygen atoms in total. The second-order valence-corrected chi connectivity index (χ2v) is 4.61. The van der Waals surface area contributed by atoms with Gasteiger partial charge in [-0.2, -0.15) is 0 Å². The second-order valence-electron chi connectivity index (χ2n) is 4.61. The molecule has 0 spiro atoms. The Morgan fingerprint density at radius 1 is 1.43 bits per heavy atom. The summed E-state index contributed by atoms with van der Waals surface area (Å²) in [6.07, 6.45) is 1.02. The number of hydrazine groups is 1. The van der Waals surface area contributed by atoms with Crippen molar-refractivity contribution in [3.05, 3.63) is 0 Å². The zero-order valence-corrected chi connectivity index (χ0v) is 10.0. The summed E-state index contributed by atoms with van der Waals surface area (Å²) < 4.78 is 0. The lowest BCUT2D eigenvalue weighted by atomic mass is 9.88. The van der Waals surface area contributed by atoms with Gasteiger partial charge in [-0.1, -0.05) is 27.7 Å². The number of hydrogen-bond donors (Lipinski definition) is 3. The zero-order chi connectivity index (χ0) is 11.2. The molecule has 0 aromatic rings. The number of nitrogens with two attached hydrogens (primary N) is 1. The van der Waals surface area contributed by atoms with Crippen LogP contribution in [0.1, 0.15) is 41.0 Å². The summed E-state index contributed by atoms with van der Waals surface area (Å²) in [6, 6.07) is 0.328. The van der Waals surface area contributed by atoms with Crippen LogP contribution in [0, 0.1) is 5.41 Å². The average molecular weight is 200 g/mol. The molecule has 0 fully saturated rings. The van der Waals surface area contributed by atoms with Crippen LogP contribution in [0.5, 0.6) is 0 Å².